The molecule has 0 atom stereocenters. The standard InChI is InChI=1S/C13H17FN4O/c14-11-6-5-9(7-10(11)12(15)16)18-13(19)17-8-3-1-2-4-8/h5-8H,1-4H2,(H3,15,16)(H2,17,18,19). The van der Waals surface area contributed by atoms with E-state index in [9.17, 15) is 9.18 Å². The van der Waals surface area contributed by atoms with E-state index < -0.39 is 5.82 Å². The van der Waals surface area contributed by atoms with Crippen molar-refractivity contribution < 1.29 is 9.18 Å². The predicted molar refractivity (Wildman–Crippen MR) is 71.8 cm³/mol. The largest absolute Gasteiger partial charge is 0.384 e. The summed E-state index contributed by atoms with van der Waals surface area (Å²) >= 11 is 0. The SMILES string of the molecule is N=C(N)c1cc(NC(=O)NC2CCCC2)ccc1F. The summed E-state index contributed by atoms with van der Waals surface area (Å²) in [6.07, 6.45) is 4.26. The van der Waals surface area contributed by atoms with E-state index in [2.05, 4.69) is 10.6 Å². The lowest BCUT2D eigenvalue weighted by molar-refractivity contribution is 0.248. The second-order valence-electron chi connectivity index (χ2n) is 4.69. The topological polar surface area (TPSA) is 91.0 Å². The molecule has 1 aliphatic carbocycles. The Morgan fingerprint density at radius 1 is 1.37 bits per heavy atom. The van der Waals surface area contributed by atoms with E-state index in [1.165, 1.54) is 18.2 Å². The first kappa shape index (κ1) is 13.3. The summed E-state index contributed by atoms with van der Waals surface area (Å²) in [5.74, 6) is -0.938. The van der Waals surface area contributed by atoms with Crippen molar-refractivity contribution >= 4 is 17.6 Å². The zero-order chi connectivity index (χ0) is 13.8. The van der Waals surface area contributed by atoms with Crippen LogP contribution >= 0.6 is 0 Å². The van der Waals surface area contributed by atoms with Gasteiger partial charge >= 0.3 is 6.03 Å². The number of nitrogens with two attached hydrogens (primary N) is 1. The molecule has 0 saturated heterocycles. The molecule has 5 nitrogen and oxygen atoms in total. The molecule has 0 aliphatic heterocycles. The quantitative estimate of drug-likeness (QED) is 0.497. The molecule has 1 saturated carbocycles. The third-order valence-corrected chi connectivity index (χ3v) is 3.20. The predicted octanol–water partition coefficient (Wildman–Crippen LogP) is 2.17. The number of halogens is 1. The normalized spacial score (nSPS) is 15.2. The highest BCUT2D eigenvalue weighted by Gasteiger charge is 2.17. The molecule has 0 radical (unpaired) electrons. The minimum Gasteiger partial charge on any atom is -0.384 e. The maximum atomic E-state index is 13.3. The molecule has 1 aromatic carbocycles. The van der Waals surface area contributed by atoms with Crippen LogP contribution in [-0.2, 0) is 0 Å². The van der Waals surface area contributed by atoms with Gasteiger partial charge in [-0.15, -0.1) is 0 Å². The number of benzene rings is 1. The zero-order valence-electron chi connectivity index (χ0n) is 10.5. The van der Waals surface area contributed by atoms with Gasteiger partial charge in [-0.1, -0.05) is 12.8 Å². The molecule has 0 bridgehead atoms. The summed E-state index contributed by atoms with van der Waals surface area (Å²) < 4.78 is 13.3. The molecule has 2 amide bonds. The summed E-state index contributed by atoms with van der Waals surface area (Å²) in [6, 6.07) is 3.88. The molecule has 2 rings (SSSR count). The van der Waals surface area contributed by atoms with Crippen LogP contribution in [0, 0.1) is 11.2 Å². The average Bonchev–Trinajstić information content (AvgIpc) is 2.84. The van der Waals surface area contributed by atoms with Gasteiger partial charge in [0.15, 0.2) is 0 Å². The first-order chi connectivity index (χ1) is 9.06. The number of amides is 2. The summed E-state index contributed by atoms with van der Waals surface area (Å²) in [6.45, 7) is 0. The molecule has 0 aromatic heterocycles. The van der Waals surface area contributed by atoms with Crippen molar-refractivity contribution in [1.82, 2.24) is 5.32 Å². The van der Waals surface area contributed by atoms with Gasteiger partial charge < -0.3 is 16.4 Å². The lowest BCUT2D eigenvalue weighted by atomic mass is 10.1. The Morgan fingerprint density at radius 3 is 2.68 bits per heavy atom. The minimum absolute atomic E-state index is 0.0151. The van der Waals surface area contributed by atoms with E-state index in [-0.39, 0.29) is 23.5 Å². The van der Waals surface area contributed by atoms with Crippen LogP contribution in [0.5, 0.6) is 0 Å². The Balaban J connectivity index is 2.00. The molecule has 6 heteroatoms. The van der Waals surface area contributed by atoms with Crippen LogP contribution in [0.2, 0.25) is 0 Å². The molecule has 1 fully saturated rings. The van der Waals surface area contributed by atoms with Gasteiger partial charge in [0.25, 0.3) is 0 Å². The lowest BCUT2D eigenvalue weighted by Gasteiger charge is -2.13. The van der Waals surface area contributed by atoms with Crippen LogP contribution in [0.15, 0.2) is 18.2 Å². The van der Waals surface area contributed by atoms with Gasteiger partial charge in [0.2, 0.25) is 0 Å². The number of urea groups is 1. The number of anilines is 1. The average molecular weight is 264 g/mol. The highest BCUT2D eigenvalue weighted by molar-refractivity contribution is 5.97. The van der Waals surface area contributed by atoms with Crippen molar-refractivity contribution in [1.29, 1.82) is 5.41 Å². The first-order valence-electron chi connectivity index (χ1n) is 6.27. The zero-order valence-corrected chi connectivity index (χ0v) is 10.5. The van der Waals surface area contributed by atoms with Crippen LogP contribution in [0.1, 0.15) is 31.2 Å². The molecule has 19 heavy (non-hydrogen) atoms. The van der Waals surface area contributed by atoms with Gasteiger partial charge in [0, 0.05) is 11.7 Å². The fraction of sp³-hybridized carbons (Fsp3) is 0.385. The van der Waals surface area contributed by atoms with Crippen molar-refractivity contribution in [2.75, 3.05) is 5.32 Å². The van der Waals surface area contributed by atoms with Crippen LogP contribution in [0.4, 0.5) is 14.9 Å². The molecule has 102 valence electrons. The van der Waals surface area contributed by atoms with Crippen molar-refractivity contribution in [3.05, 3.63) is 29.6 Å². The molecule has 1 aromatic rings. The Kier molecular flexibility index (Phi) is 3.99. The lowest BCUT2D eigenvalue weighted by Crippen LogP contribution is -2.36. The Labute approximate surface area is 110 Å². The second-order valence-corrected chi connectivity index (χ2v) is 4.69. The monoisotopic (exact) mass is 264 g/mol. The van der Waals surface area contributed by atoms with Crippen molar-refractivity contribution in [2.45, 2.75) is 31.7 Å². The van der Waals surface area contributed by atoms with E-state index in [1.54, 1.807) is 0 Å². The number of hydrogen-bond donors (Lipinski definition) is 4. The minimum atomic E-state index is -0.575. The van der Waals surface area contributed by atoms with Crippen LogP contribution in [-0.4, -0.2) is 17.9 Å². The fourth-order valence-corrected chi connectivity index (χ4v) is 2.23. The molecular weight excluding hydrogens is 247 g/mol. The van der Waals surface area contributed by atoms with Gasteiger partial charge in [0.1, 0.15) is 11.7 Å². The van der Waals surface area contributed by atoms with Gasteiger partial charge in [-0.25, -0.2) is 9.18 Å². The van der Waals surface area contributed by atoms with E-state index >= 15 is 0 Å². The van der Waals surface area contributed by atoms with Crippen LogP contribution in [0.25, 0.3) is 0 Å². The molecular formula is C13H17FN4O. The van der Waals surface area contributed by atoms with E-state index in [0.717, 1.165) is 25.7 Å². The van der Waals surface area contributed by atoms with E-state index in [4.69, 9.17) is 11.1 Å². The number of amidine groups is 1. The highest BCUT2D eigenvalue weighted by Crippen LogP contribution is 2.18. The second kappa shape index (κ2) is 5.69. The summed E-state index contributed by atoms with van der Waals surface area (Å²) in [5.41, 5.74) is 5.66. The third-order valence-electron chi connectivity index (χ3n) is 3.20. The Bertz CT molecular complexity index is 497. The first-order valence-corrected chi connectivity index (χ1v) is 6.27. The number of carbonyl (C=O) groups is 1. The van der Waals surface area contributed by atoms with Gasteiger partial charge in [-0.3, -0.25) is 5.41 Å². The van der Waals surface area contributed by atoms with Crippen molar-refractivity contribution in [3.63, 3.8) is 0 Å². The Hall–Kier alpha value is -2.11. The molecule has 1 aliphatic rings. The van der Waals surface area contributed by atoms with Crippen molar-refractivity contribution in [3.8, 4) is 0 Å². The molecule has 5 N–H and O–H groups in total. The molecule has 0 unspecified atom stereocenters. The van der Waals surface area contributed by atoms with Gasteiger partial charge in [0.05, 0.1) is 5.56 Å². The third kappa shape index (κ3) is 3.43. The van der Waals surface area contributed by atoms with E-state index in [0.29, 0.717) is 5.69 Å². The molecule has 0 heterocycles. The molecule has 0 spiro atoms. The van der Waals surface area contributed by atoms with Crippen molar-refractivity contribution in [2.24, 2.45) is 5.73 Å². The maximum Gasteiger partial charge on any atom is 0.319 e. The summed E-state index contributed by atoms with van der Waals surface area (Å²) in [7, 11) is 0. The van der Waals surface area contributed by atoms with Crippen LogP contribution < -0.4 is 16.4 Å². The number of rotatable bonds is 3. The van der Waals surface area contributed by atoms with E-state index in [1.807, 2.05) is 0 Å². The van der Waals surface area contributed by atoms with Gasteiger partial charge in [-0.2, -0.15) is 0 Å². The number of nitrogens with one attached hydrogen (secondary N) is 3. The Morgan fingerprint density at radius 2 is 2.05 bits per heavy atom. The number of nitrogen functional groups attached to an aromatic ring is 1. The summed E-state index contributed by atoms with van der Waals surface area (Å²) in [4.78, 5) is 11.7. The van der Waals surface area contributed by atoms with Gasteiger partial charge in [-0.05, 0) is 31.0 Å². The smallest absolute Gasteiger partial charge is 0.319 e. The number of hydrogen-bond acceptors (Lipinski definition) is 2. The number of carbonyl (C=O) groups excluding carboxylic acids is 1. The summed E-state index contributed by atoms with van der Waals surface area (Å²) in [5, 5.41) is 12.7. The van der Waals surface area contributed by atoms with Crippen LogP contribution in [0.3, 0.4) is 0 Å². The maximum absolute atomic E-state index is 13.3. The highest BCUT2D eigenvalue weighted by atomic mass is 19.1. The fourth-order valence-electron chi connectivity index (χ4n) is 2.23.